The Balaban J connectivity index is 1.28. The van der Waals surface area contributed by atoms with Crippen molar-refractivity contribution in [3.63, 3.8) is 0 Å². The lowest BCUT2D eigenvalue weighted by Gasteiger charge is -2.63. The second kappa shape index (κ2) is 12.5. The van der Waals surface area contributed by atoms with Gasteiger partial charge in [0.25, 0.3) is 0 Å². The molecule has 0 amide bonds. The van der Waals surface area contributed by atoms with Crippen molar-refractivity contribution in [3.8, 4) is 5.75 Å². The Labute approximate surface area is 344 Å². The van der Waals surface area contributed by atoms with E-state index in [9.17, 15) is 19.8 Å². The molecule has 10 rings (SSSR count). The normalized spacial score (nSPS) is 39.5. The van der Waals surface area contributed by atoms with Crippen molar-refractivity contribution in [2.75, 3.05) is 59.5 Å². The van der Waals surface area contributed by atoms with Crippen molar-refractivity contribution in [2.24, 2.45) is 10.4 Å². The fourth-order valence-electron chi connectivity index (χ4n) is 14.3. The van der Waals surface area contributed by atoms with Gasteiger partial charge < -0.3 is 34.1 Å². The lowest BCUT2D eigenvalue weighted by Crippen LogP contribution is -2.81. The molecule has 13 nitrogen and oxygen atoms in total. The van der Waals surface area contributed by atoms with Gasteiger partial charge in [-0.05, 0) is 61.9 Å². The number of rotatable bonds is 7. The van der Waals surface area contributed by atoms with E-state index in [-0.39, 0.29) is 18.5 Å². The summed E-state index contributed by atoms with van der Waals surface area (Å²) in [5.41, 5.74) is -1.78. The van der Waals surface area contributed by atoms with Crippen LogP contribution in [-0.2, 0) is 44.8 Å². The Kier molecular flexibility index (Phi) is 8.18. The second-order valence-electron chi connectivity index (χ2n) is 18.3. The first-order chi connectivity index (χ1) is 28.2. The topological polar surface area (TPSA) is 151 Å². The zero-order valence-electron chi connectivity index (χ0n) is 34.9. The van der Waals surface area contributed by atoms with E-state index < -0.39 is 62.9 Å². The molecule has 2 saturated heterocycles. The average molecular weight is 807 g/mol. The van der Waals surface area contributed by atoms with Crippen LogP contribution in [0.25, 0.3) is 0 Å². The van der Waals surface area contributed by atoms with Crippen LogP contribution in [-0.4, -0.2) is 134 Å². The molecule has 13 heteroatoms. The number of para-hydroxylation sites is 1. The van der Waals surface area contributed by atoms with Crippen molar-refractivity contribution in [2.45, 2.75) is 105 Å². The van der Waals surface area contributed by atoms with E-state index in [1.54, 1.807) is 7.11 Å². The molecular formula is C46H54N4O9. The molecule has 0 bridgehead atoms. The number of aliphatic imine (C=N–C) groups is 1. The van der Waals surface area contributed by atoms with Gasteiger partial charge in [0, 0.05) is 73.8 Å². The average Bonchev–Trinajstić information content (AvgIpc) is 3.99. The minimum atomic E-state index is -2.31. The molecule has 0 radical (unpaired) electrons. The van der Waals surface area contributed by atoms with E-state index in [1.165, 1.54) is 21.1 Å². The zero-order valence-corrected chi connectivity index (χ0v) is 34.9. The number of aliphatic hydroxyl groups is 2. The Morgan fingerprint density at radius 3 is 2.36 bits per heavy atom. The Morgan fingerprint density at radius 1 is 0.915 bits per heavy atom. The lowest BCUT2D eigenvalue weighted by atomic mass is 9.47. The number of anilines is 1. The van der Waals surface area contributed by atoms with E-state index in [0.29, 0.717) is 68.9 Å². The lowest BCUT2D eigenvalue weighted by molar-refractivity contribution is -0.228. The quantitative estimate of drug-likeness (QED) is 0.239. The van der Waals surface area contributed by atoms with Crippen molar-refractivity contribution < 1.29 is 43.5 Å². The first-order valence-corrected chi connectivity index (χ1v) is 21.0. The van der Waals surface area contributed by atoms with Crippen LogP contribution in [0.1, 0.15) is 69.6 Å². The first kappa shape index (κ1) is 38.6. The predicted molar refractivity (Wildman–Crippen MR) is 218 cm³/mol. The van der Waals surface area contributed by atoms with E-state index in [1.807, 2.05) is 68.3 Å². The number of carbonyl (C=O) groups is 3. The molecule has 6 heterocycles. The van der Waals surface area contributed by atoms with Gasteiger partial charge in [-0.1, -0.05) is 55.8 Å². The van der Waals surface area contributed by atoms with Crippen LogP contribution in [0.5, 0.6) is 5.75 Å². The molecule has 2 aliphatic carbocycles. The Hall–Kier alpha value is -4.56. The van der Waals surface area contributed by atoms with Crippen LogP contribution in [0.15, 0.2) is 65.2 Å². The molecule has 2 N–H and O–H groups in total. The Bertz CT molecular complexity index is 2310. The molecule has 0 aromatic heterocycles. The number of fused-ring (bicyclic) bond motifs is 2. The predicted octanol–water partition coefficient (Wildman–Crippen LogP) is 3.64. The summed E-state index contributed by atoms with van der Waals surface area (Å²) >= 11 is 0. The molecule has 2 spiro atoms. The van der Waals surface area contributed by atoms with Gasteiger partial charge in [-0.3, -0.25) is 24.4 Å². The number of carbonyl (C=O) groups excluding carboxylic acids is 3. The van der Waals surface area contributed by atoms with Crippen molar-refractivity contribution in [1.29, 1.82) is 0 Å². The standard InChI is InChI=1S/C46H54N4O9/c1-8-41(54)23-27-24-45(39(52)57-6,35-43(16-20-50(25-41)34(27)43)28-13-10-11-14-31(28)47-35)30-21-29-32(22-33(30)56-5)48(4)37-44(29)17-19-49-18-12-15-42(9-2,36(44)49)38(59-26(3)51)46(37,55)40(53)58-7/h10-15,21-23,34,36-38,54-55H,8-9,16-20,24-25H2,1-7H3. The number of likely N-dealkylation sites (N-methyl/N-ethyl adjacent to an activating group) is 1. The molecule has 10 atom stereocenters. The van der Waals surface area contributed by atoms with Gasteiger partial charge in [-0.25, -0.2) is 4.79 Å². The highest BCUT2D eigenvalue weighted by Crippen LogP contribution is 2.69. The molecule has 2 saturated carbocycles. The maximum atomic E-state index is 15.3. The van der Waals surface area contributed by atoms with Crippen LogP contribution in [0.2, 0.25) is 0 Å². The summed E-state index contributed by atoms with van der Waals surface area (Å²) in [5, 5.41) is 25.3. The van der Waals surface area contributed by atoms with Crippen molar-refractivity contribution in [3.05, 3.63) is 76.9 Å². The summed E-state index contributed by atoms with van der Waals surface area (Å²) < 4.78 is 23.9. The molecule has 8 aliphatic rings. The molecule has 2 aromatic carbocycles. The summed E-state index contributed by atoms with van der Waals surface area (Å²) in [6.45, 7) is 7.79. The SMILES string of the molecule is CCC1(O)C=C2CC(C(=O)OC)(c3cc4c(cc3OC)N(C)C3C(O)(C(=O)OC)C(OC(C)=O)C5(CC)C=CCN6CCC43C65)C3=Nc4ccccc4C34CCN(C1)C24. The van der Waals surface area contributed by atoms with Gasteiger partial charge in [-0.2, -0.15) is 0 Å². The van der Waals surface area contributed by atoms with Crippen LogP contribution < -0.4 is 9.64 Å². The molecule has 59 heavy (non-hydrogen) atoms. The monoisotopic (exact) mass is 806 g/mol. The highest BCUT2D eigenvalue weighted by molar-refractivity contribution is 6.22. The second-order valence-corrected chi connectivity index (χ2v) is 18.3. The summed E-state index contributed by atoms with van der Waals surface area (Å²) in [6.07, 6.45) is 7.25. The third kappa shape index (κ3) is 4.34. The van der Waals surface area contributed by atoms with Gasteiger partial charge in [0.15, 0.2) is 6.10 Å². The van der Waals surface area contributed by atoms with Gasteiger partial charge in [0.05, 0.1) is 49.8 Å². The van der Waals surface area contributed by atoms with Crippen molar-refractivity contribution in [1.82, 2.24) is 9.80 Å². The first-order valence-electron chi connectivity index (χ1n) is 21.0. The molecule has 4 fully saturated rings. The number of ether oxygens (including phenoxy) is 4. The van der Waals surface area contributed by atoms with Crippen molar-refractivity contribution >= 4 is 35.0 Å². The highest BCUT2D eigenvalue weighted by Gasteiger charge is 2.81. The zero-order chi connectivity index (χ0) is 41.7. The van der Waals surface area contributed by atoms with E-state index in [4.69, 9.17) is 23.9 Å². The van der Waals surface area contributed by atoms with Gasteiger partial charge in [-0.15, -0.1) is 0 Å². The minimum Gasteiger partial charge on any atom is -0.496 e. The summed E-state index contributed by atoms with van der Waals surface area (Å²) in [6, 6.07) is 10.8. The van der Waals surface area contributed by atoms with Crippen LogP contribution in [0.4, 0.5) is 11.4 Å². The number of hydrogen-bond acceptors (Lipinski definition) is 13. The molecule has 10 unspecified atom stereocenters. The number of methoxy groups -OCH3 is 3. The molecule has 6 aliphatic heterocycles. The number of nitrogens with zero attached hydrogens (tertiary/aromatic N) is 4. The maximum Gasteiger partial charge on any atom is 0.344 e. The smallest absolute Gasteiger partial charge is 0.344 e. The summed E-state index contributed by atoms with van der Waals surface area (Å²) in [7, 11) is 6.11. The molecule has 312 valence electrons. The maximum absolute atomic E-state index is 15.3. The van der Waals surface area contributed by atoms with Gasteiger partial charge in [0.2, 0.25) is 5.60 Å². The number of hydrogen-bond donors (Lipinski definition) is 2. The number of esters is 3. The molecular weight excluding hydrogens is 753 g/mol. The third-order valence-corrected chi connectivity index (χ3v) is 16.2. The molecule has 2 aromatic rings. The summed E-state index contributed by atoms with van der Waals surface area (Å²) in [5.74, 6) is -1.54. The van der Waals surface area contributed by atoms with Crippen LogP contribution in [0.3, 0.4) is 0 Å². The Morgan fingerprint density at radius 2 is 1.66 bits per heavy atom. The van der Waals surface area contributed by atoms with Crippen LogP contribution in [0, 0.1) is 5.41 Å². The minimum absolute atomic E-state index is 0.113. The highest BCUT2D eigenvalue weighted by atomic mass is 16.6. The van der Waals surface area contributed by atoms with E-state index in [2.05, 4.69) is 21.9 Å². The van der Waals surface area contributed by atoms with Gasteiger partial charge in [0.1, 0.15) is 11.2 Å². The largest absolute Gasteiger partial charge is 0.496 e. The van der Waals surface area contributed by atoms with Gasteiger partial charge >= 0.3 is 17.9 Å². The van der Waals surface area contributed by atoms with E-state index >= 15 is 4.79 Å². The van der Waals surface area contributed by atoms with Crippen LogP contribution >= 0.6 is 0 Å². The fraction of sp³-hybridized carbons (Fsp3) is 0.565. The number of benzene rings is 2. The van der Waals surface area contributed by atoms with E-state index in [0.717, 1.165) is 28.1 Å². The summed E-state index contributed by atoms with van der Waals surface area (Å²) in [4.78, 5) is 54.8. The third-order valence-electron chi connectivity index (χ3n) is 16.2. The fourth-order valence-corrected chi connectivity index (χ4v) is 14.3.